The minimum Gasteiger partial charge on any atom is -0.489 e. The molecule has 0 fully saturated rings. The minimum absolute atomic E-state index is 0.547. The lowest BCUT2D eigenvalue weighted by Gasteiger charge is -2.11. The Kier molecular flexibility index (Phi) is 7.60. The average molecular weight is 499 g/mol. The monoisotopic (exact) mass is 498 g/mol. The Morgan fingerprint density at radius 3 is 1.21 bits per heavy atom. The van der Waals surface area contributed by atoms with Crippen molar-refractivity contribution in [2.75, 3.05) is 0 Å². The predicted molar refractivity (Wildman–Crippen MR) is 158 cm³/mol. The first-order valence-corrected chi connectivity index (χ1v) is 13.1. The van der Waals surface area contributed by atoms with E-state index in [1.165, 1.54) is 44.5 Å². The van der Waals surface area contributed by atoms with Gasteiger partial charge in [0.2, 0.25) is 0 Å². The van der Waals surface area contributed by atoms with E-state index in [1.54, 1.807) is 0 Å². The van der Waals surface area contributed by atoms with Gasteiger partial charge in [-0.1, -0.05) is 72.8 Å². The molecule has 0 saturated carbocycles. The molecule has 0 aliphatic rings. The van der Waals surface area contributed by atoms with Crippen molar-refractivity contribution < 1.29 is 9.47 Å². The summed E-state index contributed by atoms with van der Waals surface area (Å²) in [5.41, 5.74) is 12.1. The molecule has 5 aromatic carbocycles. The molecule has 0 atom stereocenters. The Labute approximate surface area is 226 Å². The van der Waals surface area contributed by atoms with Crippen molar-refractivity contribution in [3.63, 3.8) is 0 Å². The van der Waals surface area contributed by atoms with E-state index in [9.17, 15) is 0 Å². The second-order valence-corrected chi connectivity index (χ2v) is 10.0. The highest BCUT2D eigenvalue weighted by atomic mass is 16.5. The van der Waals surface area contributed by atoms with Crippen LogP contribution in [0.15, 0.2) is 109 Å². The normalized spacial score (nSPS) is 10.8. The molecule has 190 valence electrons. The van der Waals surface area contributed by atoms with Gasteiger partial charge in [0.25, 0.3) is 0 Å². The lowest BCUT2D eigenvalue weighted by molar-refractivity contribution is 0.306. The maximum Gasteiger partial charge on any atom is 0.120 e. The van der Waals surface area contributed by atoms with Crippen LogP contribution in [0.5, 0.6) is 11.5 Å². The molecule has 0 amide bonds. The quantitative estimate of drug-likeness (QED) is 0.212. The first-order chi connectivity index (χ1) is 18.4. The molecule has 0 heterocycles. The highest BCUT2D eigenvalue weighted by Gasteiger charge is 2.05. The molecule has 0 N–H and O–H groups in total. The van der Waals surface area contributed by atoms with Crippen molar-refractivity contribution in [2.45, 2.75) is 40.9 Å². The van der Waals surface area contributed by atoms with E-state index >= 15 is 0 Å². The zero-order valence-electron chi connectivity index (χ0n) is 22.6. The van der Waals surface area contributed by atoms with Gasteiger partial charge in [0.1, 0.15) is 24.7 Å². The molecule has 0 unspecified atom stereocenters. The number of rotatable bonds is 8. The van der Waals surface area contributed by atoms with Gasteiger partial charge in [-0.15, -0.1) is 0 Å². The topological polar surface area (TPSA) is 18.5 Å². The van der Waals surface area contributed by atoms with E-state index < -0.39 is 0 Å². The highest BCUT2D eigenvalue weighted by molar-refractivity contribution is 5.71. The Bertz CT molecular complexity index is 1430. The first kappa shape index (κ1) is 25.4. The largest absolute Gasteiger partial charge is 0.489 e. The van der Waals surface area contributed by atoms with Gasteiger partial charge in [0.15, 0.2) is 0 Å². The highest BCUT2D eigenvalue weighted by Crippen LogP contribution is 2.27. The van der Waals surface area contributed by atoms with Crippen LogP contribution in [0.1, 0.15) is 33.4 Å². The predicted octanol–water partition coefficient (Wildman–Crippen LogP) is 9.41. The molecule has 5 rings (SSSR count). The van der Waals surface area contributed by atoms with E-state index in [0.29, 0.717) is 13.2 Å². The van der Waals surface area contributed by atoms with Gasteiger partial charge in [-0.2, -0.15) is 0 Å². The van der Waals surface area contributed by atoms with Crippen LogP contribution in [0.2, 0.25) is 0 Å². The molecule has 38 heavy (non-hydrogen) atoms. The third kappa shape index (κ3) is 6.15. The van der Waals surface area contributed by atoms with Gasteiger partial charge in [0.05, 0.1) is 0 Å². The van der Waals surface area contributed by atoms with Crippen molar-refractivity contribution in [3.8, 4) is 33.8 Å². The summed E-state index contributed by atoms with van der Waals surface area (Å²) in [6.45, 7) is 9.56. The standard InChI is InChI=1S/C36H34O2/c1-25-11-17-35(19-27(25)3)37-23-29-7-5-9-33(21-29)31-13-15-32(16-14-31)34-10-6-8-30(22-34)24-38-36-18-12-26(2)28(4)20-36/h5-22H,23-24H2,1-4H3. The van der Waals surface area contributed by atoms with Crippen LogP contribution in [-0.4, -0.2) is 0 Å². The molecule has 0 spiro atoms. The number of benzene rings is 5. The van der Waals surface area contributed by atoms with Gasteiger partial charge in [-0.25, -0.2) is 0 Å². The fourth-order valence-electron chi connectivity index (χ4n) is 4.48. The lowest BCUT2D eigenvalue weighted by atomic mass is 9.98. The summed E-state index contributed by atoms with van der Waals surface area (Å²) >= 11 is 0. The van der Waals surface area contributed by atoms with Gasteiger partial charge >= 0.3 is 0 Å². The summed E-state index contributed by atoms with van der Waals surface area (Å²) < 4.78 is 12.1. The second kappa shape index (κ2) is 11.4. The van der Waals surface area contributed by atoms with Crippen LogP contribution < -0.4 is 9.47 Å². The SMILES string of the molecule is Cc1ccc(OCc2cccc(-c3ccc(-c4cccc(COc5ccc(C)c(C)c5)c4)cc3)c2)cc1C. The van der Waals surface area contributed by atoms with Crippen LogP contribution in [0.25, 0.3) is 22.3 Å². The van der Waals surface area contributed by atoms with Crippen molar-refractivity contribution in [1.82, 2.24) is 0 Å². The number of hydrogen-bond donors (Lipinski definition) is 0. The van der Waals surface area contributed by atoms with Gasteiger partial charge in [0, 0.05) is 0 Å². The van der Waals surface area contributed by atoms with Gasteiger partial charge < -0.3 is 9.47 Å². The van der Waals surface area contributed by atoms with E-state index in [4.69, 9.17) is 9.47 Å². The zero-order chi connectivity index (χ0) is 26.5. The maximum absolute atomic E-state index is 6.06. The molecule has 0 aromatic heterocycles. The number of ether oxygens (including phenoxy) is 2. The van der Waals surface area contributed by atoms with Crippen molar-refractivity contribution >= 4 is 0 Å². The lowest BCUT2D eigenvalue weighted by Crippen LogP contribution is -1.96. The van der Waals surface area contributed by atoms with Crippen LogP contribution >= 0.6 is 0 Å². The Morgan fingerprint density at radius 1 is 0.395 bits per heavy atom. The van der Waals surface area contributed by atoms with Crippen molar-refractivity contribution in [3.05, 3.63) is 143 Å². The summed E-state index contributed by atoms with van der Waals surface area (Å²) in [4.78, 5) is 0. The molecular formula is C36H34O2. The van der Waals surface area contributed by atoms with Crippen molar-refractivity contribution in [1.29, 1.82) is 0 Å². The molecule has 0 radical (unpaired) electrons. The first-order valence-electron chi connectivity index (χ1n) is 13.1. The third-order valence-electron chi connectivity index (χ3n) is 7.17. The number of aryl methyl sites for hydroxylation is 4. The zero-order valence-corrected chi connectivity index (χ0v) is 22.6. The summed E-state index contributed by atoms with van der Waals surface area (Å²) in [6.07, 6.45) is 0. The van der Waals surface area contributed by atoms with Crippen LogP contribution in [0, 0.1) is 27.7 Å². The van der Waals surface area contributed by atoms with Crippen LogP contribution in [0.4, 0.5) is 0 Å². The van der Waals surface area contributed by atoms with E-state index in [-0.39, 0.29) is 0 Å². The molecule has 0 aliphatic heterocycles. The van der Waals surface area contributed by atoms with Gasteiger partial charge in [-0.05, 0) is 120 Å². The summed E-state index contributed by atoms with van der Waals surface area (Å²) in [5.74, 6) is 1.81. The Balaban J connectivity index is 1.25. The smallest absolute Gasteiger partial charge is 0.120 e. The molecule has 0 aliphatic carbocycles. The second-order valence-electron chi connectivity index (χ2n) is 10.0. The van der Waals surface area contributed by atoms with E-state index in [1.807, 2.05) is 12.1 Å². The maximum atomic E-state index is 6.06. The summed E-state index contributed by atoms with van der Waals surface area (Å²) in [6, 6.07) is 38.4. The summed E-state index contributed by atoms with van der Waals surface area (Å²) in [7, 11) is 0. The number of hydrogen-bond acceptors (Lipinski definition) is 2. The molecule has 0 bridgehead atoms. The fraction of sp³-hybridized carbons (Fsp3) is 0.167. The Morgan fingerprint density at radius 2 is 0.816 bits per heavy atom. The molecule has 0 saturated heterocycles. The molecule has 2 heteroatoms. The van der Waals surface area contributed by atoms with E-state index in [0.717, 1.165) is 22.6 Å². The third-order valence-corrected chi connectivity index (χ3v) is 7.17. The minimum atomic E-state index is 0.547. The summed E-state index contributed by atoms with van der Waals surface area (Å²) in [5, 5.41) is 0. The van der Waals surface area contributed by atoms with Crippen molar-refractivity contribution in [2.24, 2.45) is 0 Å². The fourth-order valence-corrected chi connectivity index (χ4v) is 4.48. The van der Waals surface area contributed by atoms with E-state index in [2.05, 4.69) is 125 Å². The van der Waals surface area contributed by atoms with Gasteiger partial charge in [-0.3, -0.25) is 0 Å². The Hall–Kier alpha value is -4.30. The van der Waals surface area contributed by atoms with Crippen LogP contribution in [-0.2, 0) is 13.2 Å². The van der Waals surface area contributed by atoms with Crippen LogP contribution in [0.3, 0.4) is 0 Å². The molecule has 2 nitrogen and oxygen atoms in total. The molecular weight excluding hydrogens is 464 g/mol. The average Bonchev–Trinajstić information content (AvgIpc) is 2.95. The molecule has 5 aromatic rings.